The van der Waals surface area contributed by atoms with Gasteiger partial charge in [0, 0.05) is 12.1 Å². The van der Waals surface area contributed by atoms with Gasteiger partial charge in [0.2, 0.25) is 0 Å². The number of nitrogens with one attached hydrogen (secondary N) is 1. The van der Waals surface area contributed by atoms with Crippen molar-refractivity contribution >= 4 is 5.91 Å². The molecule has 1 fully saturated rings. The van der Waals surface area contributed by atoms with Crippen molar-refractivity contribution in [3.63, 3.8) is 0 Å². The first kappa shape index (κ1) is 22.2. The molecule has 2 aromatic rings. The summed E-state index contributed by atoms with van der Waals surface area (Å²) in [4.78, 5) is 15.2. The molecule has 0 unspecified atom stereocenters. The first-order valence-electron chi connectivity index (χ1n) is 11.1. The zero-order valence-corrected chi connectivity index (χ0v) is 18.2. The van der Waals surface area contributed by atoms with Crippen molar-refractivity contribution in [3.8, 4) is 11.5 Å². The van der Waals surface area contributed by atoms with Crippen molar-refractivity contribution in [3.05, 3.63) is 59.7 Å². The number of nitrogens with zero attached hydrogens (tertiary/aromatic N) is 1. The van der Waals surface area contributed by atoms with Crippen LogP contribution in [-0.4, -0.2) is 44.2 Å². The molecule has 162 valence electrons. The summed E-state index contributed by atoms with van der Waals surface area (Å²) in [6.07, 6.45) is 5.83. The fourth-order valence-corrected chi connectivity index (χ4v) is 3.87. The molecule has 1 saturated heterocycles. The minimum absolute atomic E-state index is 0.0507. The second kappa shape index (κ2) is 11.6. The highest BCUT2D eigenvalue weighted by atomic mass is 16.5. The number of unbranched alkanes of at least 4 members (excludes halogenated alkanes) is 2. The summed E-state index contributed by atoms with van der Waals surface area (Å²) in [5.74, 6) is 1.61. The third-order valence-corrected chi connectivity index (χ3v) is 5.67. The lowest BCUT2D eigenvalue weighted by molar-refractivity contribution is 0.0938. The number of methoxy groups -OCH3 is 1. The van der Waals surface area contributed by atoms with Crippen LogP contribution in [0, 0.1) is 0 Å². The van der Waals surface area contributed by atoms with E-state index >= 15 is 0 Å². The van der Waals surface area contributed by atoms with E-state index in [9.17, 15) is 4.79 Å². The zero-order chi connectivity index (χ0) is 21.2. The van der Waals surface area contributed by atoms with E-state index in [2.05, 4.69) is 29.3 Å². The molecule has 0 bridgehead atoms. The molecule has 3 rings (SSSR count). The number of hydrogen-bond donors (Lipinski definition) is 1. The largest absolute Gasteiger partial charge is 0.497 e. The summed E-state index contributed by atoms with van der Waals surface area (Å²) < 4.78 is 11.0. The average Bonchev–Trinajstić information content (AvgIpc) is 3.32. The van der Waals surface area contributed by atoms with Gasteiger partial charge in [0.15, 0.2) is 0 Å². The number of hydrogen-bond acceptors (Lipinski definition) is 4. The van der Waals surface area contributed by atoms with Crippen LogP contribution in [0.25, 0.3) is 0 Å². The van der Waals surface area contributed by atoms with Crippen molar-refractivity contribution in [2.45, 2.75) is 45.1 Å². The first-order chi connectivity index (χ1) is 14.7. The number of benzene rings is 2. The molecule has 1 N–H and O–H groups in total. The number of rotatable bonds is 11. The molecule has 30 heavy (non-hydrogen) atoms. The summed E-state index contributed by atoms with van der Waals surface area (Å²) in [5, 5.41) is 3.13. The Kier molecular flexibility index (Phi) is 8.57. The lowest BCUT2D eigenvalue weighted by Crippen LogP contribution is -2.36. The quantitative estimate of drug-likeness (QED) is 0.539. The number of carbonyl (C=O) groups excluding carboxylic acids is 1. The summed E-state index contributed by atoms with van der Waals surface area (Å²) >= 11 is 0. The molecular formula is C25H34N2O3. The normalized spacial score (nSPS) is 15.0. The Morgan fingerprint density at radius 2 is 1.67 bits per heavy atom. The smallest absolute Gasteiger partial charge is 0.251 e. The minimum Gasteiger partial charge on any atom is -0.497 e. The topological polar surface area (TPSA) is 50.8 Å². The van der Waals surface area contributed by atoms with Crippen LogP contribution in [0.15, 0.2) is 48.5 Å². The van der Waals surface area contributed by atoms with E-state index in [0.717, 1.165) is 37.6 Å². The van der Waals surface area contributed by atoms with Gasteiger partial charge in [-0.05, 0) is 74.3 Å². The molecule has 0 spiro atoms. The Morgan fingerprint density at radius 3 is 2.30 bits per heavy atom. The van der Waals surface area contributed by atoms with Gasteiger partial charge in [-0.25, -0.2) is 0 Å². The molecule has 0 saturated carbocycles. The zero-order valence-electron chi connectivity index (χ0n) is 18.2. The van der Waals surface area contributed by atoms with Crippen molar-refractivity contribution < 1.29 is 14.3 Å². The fourth-order valence-electron chi connectivity index (χ4n) is 3.87. The van der Waals surface area contributed by atoms with E-state index < -0.39 is 0 Å². The second-order valence-electron chi connectivity index (χ2n) is 7.82. The van der Waals surface area contributed by atoms with Gasteiger partial charge in [-0.2, -0.15) is 0 Å². The average molecular weight is 411 g/mol. The summed E-state index contributed by atoms with van der Waals surface area (Å²) in [5.41, 5.74) is 1.86. The number of amides is 1. The first-order valence-corrected chi connectivity index (χ1v) is 11.1. The van der Waals surface area contributed by atoms with Crippen LogP contribution in [-0.2, 0) is 0 Å². The van der Waals surface area contributed by atoms with Gasteiger partial charge < -0.3 is 14.8 Å². The molecule has 1 atom stereocenters. The molecule has 1 aliphatic rings. The summed E-state index contributed by atoms with van der Waals surface area (Å²) in [6.45, 7) is 5.61. The van der Waals surface area contributed by atoms with Crippen molar-refractivity contribution in [2.75, 3.05) is 33.4 Å². The van der Waals surface area contributed by atoms with Gasteiger partial charge in [0.25, 0.3) is 5.91 Å². The van der Waals surface area contributed by atoms with E-state index in [4.69, 9.17) is 9.47 Å². The Hall–Kier alpha value is -2.53. The van der Waals surface area contributed by atoms with Crippen LogP contribution in [0.2, 0.25) is 0 Å². The Balaban J connectivity index is 1.58. The third kappa shape index (κ3) is 6.23. The molecule has 1 heterocycles. The Labute approximate surface area is 180 Å². The number of carbonyl (C=O) groups is 1. The predicted molar refractivity (Wildman–Crippen MR) is 120 cm³/mol. The molecule has 5 nitrogen and oxygen atoms in total. The number of ether oxygens (including phenoxy) is 2. The maximum absolute atomic E-state index is 12.7. The van der Waals surface area contributed by atoms with E-state index in [1.54, 1.807) is 7.11 Å². The maximum atomic E-state index is 12.7. The van der Waals surface area contributed by atoms with Gasteiger partial charge in [0.05, 0.1) is 19.8 Å². The fraction of sp³-hybridized carbons (Fsp3) is 0.480. The monoisotopic (exact) mass is 410 g/mol. The van der Waals surface area contributed by atoms with Crippen LogP contribution in [0.4, 0.5) is 0 Å². The van der Waals surface area contributed by atoms with Gasteiger partial charge >= 0.3 is 0 Å². The SMILES string of the molecule is CCCCCOc1ccc(C(=O)NC[C@H](c2ccc(OC)cc2)N2CCCC2)cc1. The lowest BCUT2D eigenvalue weighted by Gasteiger charge is -2.28. The van der Waals surface area contributed by atoms with Crippen LogP contribution >= 0.6 is 0 Å². The molecule has 2 aromatic carbocycles. The highest BCUT2D eigenvalue weighted by Gasteiger charge is 2.24. The molecular weight excluding hydrogens is 376 g/mol. The van der Waals surface area contributed by atoms with Crippen LogP contribution in [0.3, 0.4) is 0 Å². The van der Waals surface area contributed by atoms with Gasteiger partial charge in [-0.3, -0.25) is 9.69 Å². The standard InChI is InChI=1S/C25H34N2O3/c1-3-4-7-18-30-23-14-10-21(11-15-23)25(28)26-19-24(27-16-5-6-17-27)20-8-12-22(29-2)13-9-20/h8-15,24H,3-7,16-19H2,1-2H3,(H,26,28)/t24-/m1/s1. The summed E-state index contributed by atoms with van der Waals surface area (Å²) in [6, 6.07) is 15.8. The minimum atomic E-state index is -0.0507. The van der Waals surface area contributed by atoms with Crippen molar-refractivity contribution in [1.29, 1.82) is 0 Å². The van der Waals surface area contributed by atoms with Gasteiger partial charge in [-0.15, -0.1) is 0 Å². The van der Waals surface area contributed by atoms with E-state index in [1.165, 1.54) is 31.2 Å². The van der Waals surface area contributed by atoms with Crippen molar-refractivity contribution in [2.24, 2.45) is 0 Å². The van der Waals surface area contributed by atoms with Gasteiger partial charge in [-0.1, -0.05) is 31.9 Å². The van der Waals surface area contributed by atoms with Crippen molar-refractivity contribution in [1.82, 2.24) is 10.2 Å². The summed E-state index contributed by atoms with van der Waals surface area (Å²) in [7, 11) is 1.68. The van der Waals surface area contributed by atoms with Crippen LogP contribution < -0.4 is 14.8 Å². The Morgan fingerprint density at radius 1 is 1.00 bits per heavy atom. The Bertz CT molecular complexity index is 768. The molecule has 1 aliphatic heterocycles. The van der Waals surface area contributed by atoms with Gasteiger partial charge in [0.1, 0.15) is 11.5 Å². The second-order valence-corrected chi connectivity index (χ2v) is 7.82. The predicted octanol–water partition coefficient (Wildman–Crippen LogP) is 4.83. The molecule has 0 aromatic heterocycles. The molecule has 0 aliphatic carbocycles. The molecule has 0 radical (unpaired) electrons. The highest BCUT2D eigenvalue weighted by molar-refractivity contribution is 5.94. The van der Waals surface area contributed by atoms with E-state index in [-0.39, 0.29) is 11.9 Å². The van der Waals surface area contributed by atoms with Crippen LogP contribution in [0.5, 0.6) is 11.5 Å². The van der Waals surface area contributed by atoms with E-state index in [1.807, 2.05) is 36.4 Å². The number of likely N-dealkylation sites (tertiary alicyclic amines) is 1. The third-order valence-electron chi connectivity index (χ3n) is 5.67. The molecule has 5 heteroatoms. The maximum Gasteiger partial charge on any atom is 0.251 e. The van der Waals surface area contributed by atoms with E-state index in [0.29, 0.717) is 12.1 Å². The van der Waals surface area contributed by atoms with Crippen LogP contribution in [0.1, 0.15) is 61.0 Å². The molecule has 1 amide bonds. The lowest BCUT2D eigenvalue weighted by atomic mass is 10.0. The highest BCUT2D eigenvalue weighted by Crippen LogP contribution is 2.26.